The summed E-state index contributed by atoms with van der Waals surface area (Å²) < 4.78 is 0. The molecule has 0 saturated heterocycles. The van der Waals surface area contributed by atoms with Gasteiger partial charge in [0.1, 0.15) is 0 Å². The summed E-state index contributed by atoms with van der Waals surface area (Å²) in [6, 6.07) is 13.3. The van der Waals surface area contributed by atoms with Crippen LogP contribution in [0.2, 0.25) is 0 Å². The molecule has 0 radical (unpaired) electrons. The number of alkyl halides is 2. The van der Waals surface area contributed by atoms with Crippen LogP contribution in [0, 0.1) is 0 Å². The van der Waals surface area contributed by atoms with Crippen LogP contribution in [0.15, 0.2) is 36.4 Å². The zero-order valence-corrected chi connectivity index (χ0v) is 13.0. The molecule has 86 valence electrons. The molecule has 1 aliphatic carbocycles. The van der Waals surface area contributed by atoms with Crippen molar-refractivity contribution in [1.82, 2.24) is 0 Å². The van der Waals surface area contributed by atoms with Gasteiger partial charge >= 0.3 is 0 Å². The third kappa shape index (κ3) is 1.94. The van der Waals surface area contributed by atoms with E-state index in [-0.39, 0.29) is 0 Å². The van der Waals surface area contributed by atoms with Crippen LogP contribution in [0.5, 0.6) is 0 Å². The number of fused-ring (bicyclic) bond motifs is 3. The van der Waals surface area contributed by atoms with Crippen LogP contribution < -0.4 is 0 Å². The minimum Gasteiger partial charge on any atom is -0.139 e. The Labute approximate surface area is 121 Å². The predicted molar refractivity (Wildman–Crippen MR) is 83.7 cm³/mol. The summed E-state index contributed by atoms with van der Waals surface area (Å²) in [7, 11) is 0. The average Bonchev–Trinajstić information content (AvgIpc) is 2.75. The van der Waals surface area contributed by atoms with Crippen LogP contribution in [0.25, 0.3) is 21.2 Å². The lowest BCUT2D eigenvalue weighted by molar-refractivity contribution is 1.50. The lowest BCUT2D eigenvalue weighted by atomic mass is 10.1. The first kappa shape index (κ1) is 11.7. The second kappa shape index (κ2) is 4.71. The second-order valence-electron chi connectivity index (χ2n) is 3.97. The Kier molecular flexibility index (Phi) is 3.24. The highest BCUT2D eigenvalue weighted by atomic mass is 79.9. The minimum atomic E-state index is 0.913. The molecule has 1 heterocycles. The summed E-state index contributed by atoms with van der Waals surface area (Å²) in [5.41, 5.74) is 2.74. The van der Waals surface area contributed by atoms with E-state index in [0.29, 0.717) is 0 Å². The monoisotopic (exact) mass is 368 g/mol. The minimum absolute atomic E-state index is 0.913. The van der Waals surface area contributed by atoms with Crippen LogP contribution in [-0.4, -0.2) is 0 Å². The normalized spacial score (nSPS) is 11.4. The number of hydrogen-bond acceptors (Lipinski definition) is 1. The van der Waals surface area contributed by atoms with Gasteiger partial charge in [-0.1, -0.05) is 56.1 Å². The summed E-state index contributed by atoms with van der Waals surface area (Å²) in [6.07, 6.45) is 0. The quantitative estimate of drug-likeness (QED) is 0.501. The maximum atomic E-state index is 3.56. The number of rotatable bonds is 2. The van der Waals surface area contributed by atoms with Crippen molar-refractivity contribution in [2.75, 3.05) is 0 Å². The first-order valence-electron chi connectivity index (χ1n) is 5.38. The van der Waals surface area contributed by atoms with E-state index >= 15 is 0 Å². The van der Waals surface area contributed by atoms with Gasteiger partial charge in [0.15, 0.2) is 0 Å². The standard InChI is InChI=1S/C14H10Br2S/c15-7-9-2-1-3-11-12-5-4-10(8-16)17-14(12)6-13(9)11/h1-6H,7-8H2. The van der Waals surface area contributed by atoms with E-state index in [2.05, 4.69) is 68.3 Å². The Morgan fingerprint density at radius 1 is 0.941 bits per heavy atom. The van der Waals surface area contributed by atoms with Crippen molar-refractivity contribution in [3.63, 3.8) is 0 Å². The fourth-order valence-corrected chi connectivity index (χ4v) is 4.11. The van der Waals surface area contributed by atoms with Crippen LogP contribution in [-0.2, 0) is 10.7 Å². The van der Waals surface area contributed by atoms with E-state index in [1.54, 1.807) is 0 Å². The van der Waals surface area contributed by atoms with Gasteiger partial charge in [0.2, 0.25) is 0 Å². The van der Waals surface area contributed by atoms with Gasteiger partial charge in [0.05, 0.1) is 0 Å². The van der Waals surface area contributed by atoms with Gasteiger partial charge in [-0.3, -0.25) is 0 Å². The smallest absolute Gasteiger partial charge is 0.0377 e. The summed E-state index contributed by atoms with van der Waals surface area (Å²) >= 11 is 8.95. The predicted octanol–water partition coefficient (Wildman–Crippen LogP) is 5.80. The molecule has 0 amide bonds. The molecule has 3 rings (SSSR count). The zero-order valence-electron chi connectivity index (χ0n) is 9.04. The summed E-state index contributed by atoms with van der Waals surface area (Å²) in [6.45, 7) is 0. The van der Waals surface area contributed by atoms with Gasteiger partial charge < -0.3 is 0 Å². The molecule has 0 spiro atoms. The maximum Gasteiger partial charge on any atom is 0.0377 e. The summed E-state index contributed by atoms with van der Waals surface area (Å²) in [5.74, 6) is 0. The highest BCUT2D eigenvalue weighted by Crippen LogP contribution is 2.40. The molecule has 0 saturated carbocycles. The van der Waals surface area contributed by atoms with Crippen LogP contribution in [0.1, 0.15) is 10.4 Å². The highest BCUT2D eigenvalue weighted by Gasteiger charge is 2.12. The molecule has 3 heteroatoms. The Hall–Kier alpha value is -0.380. The number of halogens is 2. The van der Waals surface area contributed by atoms with Gasteiger partial charge in [-0.05, 0) is 34.0 Å². The van der Waals surface area contributed by atoms with E-state index in [9.17, 15) is 0 Å². The van der Waals surface area contributed by atoms with Gasteiger partial charge in [-0.25, -0.2) is 0 Å². The van der Waals surface area contributed by atoms with Crippen molar-refractivity contribution < 1.29 is 0 Å². The zero-order chi connectivity index (χ0) is 11.8. The van der Waals surface area contributed by atoms with Crippen molar-refractivity contribution in [2.45, 2.75) is 10.7 Å². The third-order valence-electron chi connectivity index (χ3n) is 2.98. The van der Waals surface area contributed by atoms with E-state index < -0.39 is 0 Å². The van der Waals surface area contributed by atoms with E-state index in [1.807, 2.05) is 11.3 Å². The van der Waals surface area contributed by atoms with E-state index in [4.69, 9.17) is 0 Å². The lowest BCUT2D eigenvalue weighted by Gasteiger charge is -2.01. The fourth-order valence-electron chi connectivity index (χ4n) is 2.16. The SMILES string of the molecule is BrCc1ccc2c3cccc(CBr)c3cc-2s1. The van der Waals surface area contributed by atoms with Crippen molar-refractivity contribution in [3.8, 4) is 10.4 Å². The Bertz CT molecular complexity index is 642. The Balaban J connectivity index is 2.36. The topological polar surface area (TPSA) is 0 Å². The number of benzene rings is 1. The average molecular weight is 370 g/mol. The van der Waals surface area contributed by atoms with Crippen molar-refractivity contribution in [2.24, 2.45) is 0 Å². The van der Waals surface area contributed by atoms with Crippen molar-refractivity contribution in [3.05, 3.63) is 46.8 Å². The molecule has 0 nitrogen and oxygen atoms in total. The molecule has 17 heavy (non-hydrogen) atoms. The molecule has 0 N–H and O–H groups in total. The fraction of sp³-hybridized carbons (Fsp3) is 0.143. The summed E-state index contributed by atoms with van der Waals surface area (Å²) in [5, 5.41) is 4.59. The van der Waals surface area contributed by atoms with Crippen molar-refractivity contribution in [1.29, 1.82) is 0 Å². The molecule has 0 aromatic heterocycles. The largest absolute Gasteiger partial charge is 0.139 e. The van der Waals surface area contributed by atoms with E-state index in [1.165, 1.54) is 31.7 Å². The third-order valence-corrected chi connectivity index (χ3v) is 5.66. The molecule has 0 unspecified atom stereocenters. The Morgan fingerprint density at radius 3 is 2.59 bits per heavy atom. The molecule has 1 aromatic rings. The molecular formula is C14H10Br2S. The molecule has 0 bridgehead atoms. The van der Waals surface area contributed by atoms with Crippen LogP contribution in [0.3, 0.4) is 0 Å². The highest BCUT2D eigenvalue weighted by molar-refractivity contribution is 9.08. The van der Waals surface area contributed by atoms with Gasteiger partial charge in [0.25, 0.3) is 0 Å². The first-order chi connectivity index (χ1) is 8.33. The van der Waals surface area contributed by atoms with E-state index in [0.717, 1.165) is 10.7 Å². The molecule has 0 atom stereocenters. The second-order valence-corrected chi connectivity index (χ2v) is 6.26. The summed E-state index contributed by atoms with van der Waals surface area (Å²) in [4.78, 5) is 2.75. The molecule has 1 aliphatic heterocycles. The van der Waals surface area contributed by atoms with Crippen LogP contribution >= 0.6 is 43.2 Å². The van der Waals surface area contributed by atoms with Crippen molar-refractivity contribution >= 4 is 54.0 Å². The first-order valence-corrected chi connectivity index (χ1v) is 8.44. The molecule has 1 aromatic carbocycles. The van der Waals surface area contributed by atoms with Gasteiger partial charge in [0, 0.05) is 20.4 Å². The van der Waals surface area contributed by atoms with Crippen LogP contribution in [0.4, 0.5) is 0 Å². The van der Waals surface area contributed by atoms with Gasteiger partial charge in [-0.2, -0.15) is 0 Å². The molecule has 0 fully saturated rings. The maximum absolute atomic E-state index is 3.56. The lowest BCUT2D eigenvalue weighted by Crippen LogP contribution is -1.77. The number of hydrogen-bond donors (Lipinski definition) is 0. The molecular weight excluding hydrogens is 360 g/mol. The van der Waals surface area contributed by atoms with Gasteiger partial charge in [-0.15, -0.1) is 11.3 Å². The Morgan fingerprint density at radius 2 is 1.82 bits per heavy atom. The molecule has 2 aliphatic rings.